The molecule has 0 radical (unpaired) electrons. The summed E-state index contributed by atoms with van der Waals surface area (Å²) in [6, 6.07) is 8.03. The van der Waals surface area contributed by atoms with Crippen LogP contribution in [-0.4, -0.2) is 19.3 Å². The van der Waals surface area contributed by atoms with Crippen LogP contribution in [0.5, 0.6) is 17.2 Å². The van der Waals surface area contributed by atoms with Crippen molar-refractivity contribution < 1.29 is 14.6 Å². The van der Waals surface area contributed by atoms with Gasteiger partial charge in [0.1, 0.15) is 0 Å². The fraction of sp³-hybridized carbons (Fsp3) is 0.200. The van der Waals surface area contributed by atoms with Crippen molar-refractivity contribution >= 4 is 23.1 Å². The first kappa shape index (κ1) is 13.0. The Kier molecular flexibility index (Phi) is 3.14. The SMILES string of the molecule is COc1c(O)c(C)c2c(c1OC)Nc1ccccc1S2. The van der Waals surface area contributed by atoms with Gasteiger partial charge in [-0.1, -0.05) is 23.9 Å². The molecule has 2 N–H and O–H groups in total. The van der Waals surface area contributed by atoms with Gasteiger partial charge in [-0.15, -0.1) is 0 Å². The lowest BCUT2D eigenvalue weighted by Crippen LogP contribution is -2.05. The molecular formula is C15H15NO3S. The van der Waals surface area contributed by atoms with Crippen LogP contribution in [-0.2, 0) is 0 Å². The van der Waals surface area contributed by atoms with Crippen LogP contribution >= 0.6 is 11.8 Å². The number of nitrogens with one attached hydrogen (secondary N) is 1. The summed E-state index contributed by atoms with van der Waals surface area (Å²) in [7, 11) is 3.09. The summed E-state index contributed by atoms with van der Waals surface area (Å²) in [6.45, 7) is 1.87. The van der Waals surface area contributed by atoms with Gasteiger partial charge in [-0.2, -0.15) is 0 Å². The number of methoxy groups -OCH3 is 2. The molecule has 1 aliphatic rings. The normalized spacial score (nSPS) is 12.2. The average molecular weight is 289 g/mol. The third-order valence-electron chi connectivity index (χ3n) is 3.34. The van der Waals surface area contributed by atoms with Gasteiger partial charge in [-0.3, -0.25) is 0 Å². The number of phenolic OH excluding ortho intramolecular Hbond substituents is 1. The number of fused-ring (bicyclic) bond motifs is 2. The Morgan fingerprint density at radius 2 is 1.80 bits per heavy atom. The van der Waals surface area contributed by atoms with Crippen LogP contribution in [0.3, 0.4) is 0 Å². The number of rotatable bonds is 2. The summed E-state index contributed by atoms with van der Waals surface area (Å²) < 4.78 is 10.7. The number of benzene rings is 2. The van der Waals surface area contributed by atoms with Gasteiger partial charge in [0.2, 0.25) is 5.75 Å². The van der Waals surface area contributed by atoms with Gasteiger partial charge >= 0.3 is 0 Å². The molecule has 0 amide bonds. The Labute approximate surface area is 121 Å². The number of phenols is 1. The van der Waals surface area contributed by atoms with Crippen LogP contribution < -0.4 is 14.8 Å². The molecule has 0 saturated heterocycles. The third kappa shape index (κ3) is 1.78. The molecule has 104 valence electrons. The van der Waals surface area contributed by atoms with Crippen LogP contribution in [0.25, 0.3) is 0 Å². The molecule has 2 aromatic rings. The molecular weight excluding hydrogens is 274 g/mol. The largest absolute Gasteiger partial charge is 0.504 e. The second-order valence-corrected chi connectivity index (χ2v) is 5.52. The Balaban J connectivity index is 2.25. The zero-order chi connectivity index (χ0) is 14.3. The molecule has 1 heterocycles. The molecule has 0 bridgehead atoms. The number of ether oxygens (including phenoxy) is 2. The summed E-state index contributed by atoms with van der Waals surface area (Å²) >= 11 is 1.61. The van der Waals surface area contributed by atoms with Crippen molar-refractivity contribution in [1.29, 1.82) is 0 Å². The smallest absolute Gasteiger partial charge is 0.205 e. The Morgan fingerprint density at radius 1 is 1.10 bits per heavy atom. The highest BCUT2D eigenvalue weighted by Gasteiger charge is 2.27. The van der Waals surface area contributed by atoms with Gasteiger partial charge < -0.3 is 19.9 Å². The minimum atomic E-state index is 0.122. The van der Waals surface area contributed by atoms with Crippen molar-refractivity contribution in [3.05, 3.63) is 29.8 Å². The fourth-order valence-electron chi connectivity index (χ4n) is 2.32. The van der Waals surface area contributed by atoms with Crippen LogP contribution in [0, 0.1) is 6.92 Å². The predicted molar refractivity (Wildman–Crippen MR) is 79.8 cm³/mol. The van der Waals surface area contributed by atoms with Crippen LogP contribution in [0.4, 0.5) is 11.4 Å². The quantitative estimate of drug-likeness (QED) is 0.700. The maximum absolute atomic E-state index is 10.3. The number of para-hydroxylation sites is 1. The highest BCUT2D eigenvalue weighted by Crippen LogP contribution is 2.56. The van der Waals surface area contributed by atoms with Crippen molar-refractivity contribution in [3.63, 3.8) is 0 Å². The summed E-state index contributed by atoms with van der Waals surface area (Å²) in [5, 5.41) is 13.6. The Bertz CT molecular complexity index is 685. The number of aromatic hydroxyl groups is 1. The van der Waals surface area contributed by atoms with Gasteiger partial charge in [0.25, 0.3) is 0 Å². The van der Waals surface area contributed by atoms with Gasteiger partial charge in [0.05, 0.1) is 25.6 Å². The predicted octanol–water partition coefficient (Wildman–Crippen LogP) is 3.93. The Morgan fingerprint density at radius 3 is 2.50 bits per heavy atom. The van der Waals surface area contributed by atoms with E-state index in [1.54, 1.807) is 18.9 Å². The van der Waals surface area contributed by atoms with Crippen LogP contribution in [0.15, 0.2) is 34.1 Å². The summed E-state index contributed by atoms with van der Waals surface area (Å²) in [5.41, 5.74) is 2.64. The first-order valence-electron chi connectivity index (χ1n) is 6.18. The van der Waals surface area contributed by atoms with E-state index in [-0.39, 0.29) is 5.75 Å². The number of hydrogen-bond donors (Lipinski definition) is 2. The molecule has 3 rings (SSSR count). The lowest BCUT2D eigenvalue weighted by atomic mass is 10.1. The molecule has 1 aliphatic heterocycles. The van der Waals surface area contributed by atoms with Crippen molar-refractivity contribution in [1.82, 2.24) is 0 Å². The highest BCUT2D eigenvalue weighted by atomic mass is 32.2. The van der Waals surface area contributed by atoms with E-state index in [2.05, 4.69) is 5.32 Å². The topological polar surface area (TPSA) is 50.7 Å². The monoisotopic (exact) mass is 289 g/mol. The van der Waals surface area contributed by atoms with E-state index in [1.165, 1.54) is 7.11 Å². The number of hydrogen-bond acceptors (Lipinski definition) is 5. The van der Waals surface area contributed by atoms with Gasteiger partial charge in [-0.05, 0) is 19.1 Å². The van der Waals surface area contributed by atoms with E-state index in [1.807, 2.05) is 31.2 Å². The lowest BCUT2D eigenvalue weighted by molar-refractivity contribution is 0.332. The summed E-state index contributed by atoms with van der Waals surface area (Å²) in [4.78, 5) is 2.08. The average Bonchev–Trinajstić information content (AvgIpc) is 2.49. The zero-order valence-electron chi connectivity index (χ0n) is 11.5. The standard InChI is InChI=1S/C15H15NO3S/c1-8-12(17)14(19-3)13(18-2)11-15(8)20-10-7-5-4-6-9(10)16-11/h4-7,16-17H,1-3H3. The molecule has 0 unspecified atom stereocenters. The van der Waals surface area contributed by atoms with Crippen molar-refractivity contribution in [3.8, 4) is 17.2 Å². The molecule has 5 heteroatoms. The maximum Gasteiger partial charge on any atom is 0.205 e. The molecule has 4 nitrogen and oxygen atoms in total. The third-order valence-corrected chi connectivity index (χ3v) is 4.63. The second kappa shape index (κ2) is 4.83. The van der Waals surface area contributed by atoms with E-state index in [0.29, 0.717) is 11.5 Å². The molecule has 0 fully saturated rings. The molecule has 20 heavy (non-hydrogen) atoms. The van der Waals surface area contributed by atoms with E-state index < -0.39 is 0 Å². The molecule has 0 saturated carbocycles. The maximum atomic E-state index is 10.3. The molecule has 2 aromatic carbocycles. The van der Waals surface area contributed by atoms with Crippen LogP contribution in [0.2, 0.25) is 0 Å². The van der Waals surface area contributed by atoms with Gasteiger partial charge in [0.15, 0.2) is 11.5 Å². The minimum absolute atomic E-state index is 0.122. The van der Waals surface area contributed by atoms with E-state index in [4.69, 9.17) is 9.47 Å². The van der Waals surface area contributed by atoms with Gasteiger partial charge in [0, 0.05) is 15.4 Å². The molecule has 0 atom stereocenters. The van der Waals surface area contributed by atoms with Gasteiger partial charge in [-0.25, -0.2) is 0 Å². The van der Waals surface area contributed by atoms with Crippen LogP contribution in [0.1, 0.15) is 5.56 Å². The van der Waals surface area contributed by atoms with Crippen molar-refractivity contribution in [2.45, 2.75) is 16.7 Å². The van der Waals surface area contributed by atoms with E-state index in [0.717, 1.165) is 26.7 Å². The Hall–Kier alpha value is -2.01. The zero-order valence-corrected chi connectivity index (χ0v) is 12.3. The minimum Gasteiger partial charge on any atom is -0.504 e. The molecule has 0 spiro atoms. The first-order valence-corrected chi connectivity index (χ1v) is 7.00. The van der Waals surface area contributed by atoms with E-state index >= 15 is 0 Å². The fourth-order valence-corrected chi connectivity index (χ4v) is 3.41. The molecule has 0 aromatic heterocycles. The van der Waals surface area contributed by atoms with Crippen molar-refractivity contribution in [2.75, 3.05) is 19.5 Å². The van der Waals surface area contributed by atoms with E-state index in [9.17, 15) is 5.11 Å². The highest BCUT2D eigenvalue weighted by molar-refractivity contribution is 7.99. The number of anilines is 2. The van der Waals surface area contributed by atoms with Crippen molar-refractivity contribution in [2.24, 2.45) is 0 Å². The summed E-state index contributed by atoms with van der Waals surface area (Å²) in [5.74, 6) is 1.00. The summed E-state index contributed by atoms with van der Waals surface area (Å²) in [6.07, 6.45) is 0. The second-order valence-electron chi connectivity index (χ2n) is 4.47. The molecule has 0 aliphatic carbocycles. The lowest BCUT2D eigenvalue weighted by Gasteiger charge is -2.26. The first-order chi connectivity index (χ1) is 9.67.